The third kappa shape index (κ3) is 26.3. The van der Waals surface area contributed by atoms with E-state index in [1.54, 1.807) is 18.2 Å². The van der Waals surface area contributed by atoms with E-state index >= 15 is 0 Å². The largest absolute Gasteiger partial charge is 0.490 e. The van der Waals surface area contributed by atoms with Gasteiger partial charge in [-0.15, -0.1) is 0 Å². The Hall–Kier alpha value is -2.27. The van der Waals surface area contributed by atoms with Crippen LogP contribution in [0.25, 0.3) is 0 Å². The molecule has 0 bridgehead atoms. The summed E-state index contributed by atoms with van der Waals surface area (Å²) in [5, 5.41) is 14.1. The number of hydrogen-bond acceptors (Lipinski definition) is 11. The minimum Gasteiger partial charge on any atom is -0.490 e. The van der Waals surface area contributed by atoms with Crippen LogP contribution in [0.3, 0.4) is 0 Å². The summed E-state index contributed by atoms with van der Waals surface area (Å²) in [4.78, 5) is 27.8. The third-order valence-electron chi connectivity index (χ3n) is 13.6. The number of unbranched alkanes of at least 4 members (excludes halogenated alkanes) is 24. The quantitative estimate of drug-likeness (QED) is 0.0246. The molecule has 396 valence electrons. The smallest absolute Gasteiger partial charge is 0.397 e. The van der Waals surface area contributed by atoms with E-state index in [-0.39, 0.29) is 23.6 Å². The van der Waals surface area contributed by atoms with Gasteiger partial charge in [0, 0.05) is 12.0 Å². The summed E-state index contributed by atoms with van der Waals surface area (Å²) in [6.45, 7) is 17.5. The molecule has 0 radical (unpaired) electrons. The Morgan fingerprint density at radius 3 is 1.56 bits per heavy atom. The number of aliphatic hydroxyl groups is 1. The summed E-state index contributed by atoms with van der Waals surface area (Å²) in [5.74, 6) is -0.407. The molecule has 1 amide bonds. The lowest BCUT2D eigenvalue weighted by Gasteiger charge is -2.45. The third-order valence-corrected chi connectivity index (χ3v) is 18.5. The molecule has 1 fully saturated rings. The second kappa shape index (κ2) is 34.9. The highest BCUT2D eigenvalue weighted by Gasteiger charge is 2.52. The average Bonchev–Trinajstić information content (AvgIpc) is 3.28. The van der Waals surface area contributed by atoms with Crippen LogP contribution in [0.2, 0.25) is 18.1 Å². The number of nitrogens with one attached hydrogen (secondary N) is 1. The molecule has 0 aliphatic carbocycles. The topological polar surface area (TPSA) is 176 Å². The second-order valence-corrected chi connectivity index (χ2v) is 26.5. The molecule has 1 aliphatic heterocycles. The van der Waals surface area contributed by atoms with Crippen LogP contribution < -0.4 is 14.8 Å². The fourth-order valence-corrected chi connectivity index (χ4v) is 9.74. The molecule has 1 heterocycles. The highest BCUT2D eigenvalue weighted by molar-refractivity contribution is 7.80. The molecule has 13 nitrogen and oxygen atoms in total. The summed E-state index contributed by atoms with van der Waals surface area (Å²) < 4.78 is 70.9. The molecule has 15 heteroatoms. The van der Waals surface area contributed by atoms with Crippen molar-refractivity contribution in [3.63, 3.8) is 0 Å². The Bertz CT molecular complexity index is 1610. The molecule has 2 rings (SSSR count). The van der Waals surface area contributed by atoms with Gasteiger partial charge in [0.25, 0.3) is 5.91 Å². The standard InChI is InChI=1S/C53H97NO12SSi/c1-9-12-15-18-21-24-25-26-27-30-33-36-47(55)65-50-48(52(57)64-46(49(50)66-67(58,59)60)42-63-68(7,8)53(4,5)6)54-51(56)43-37-38-44(61-39-34-31-28-22-19-16-13-10-2)45(41-43)62-40-35-32-29-23-20-17-14-11-3/h37-38,41,46,48-50,52,57H,9-36,39-40,42H2,1-8H3,(H,54,56)(H,58,59,60)/t46-,48-,49-,50-,52?/m1/s1. The number of hydrogen-bond donors (Lipinski definition) is 3. The van der Waals surface area contributed by atoms with Crippen molar-refractivity contribution in [1.29, 1.82) is 0 Å². The Morgan fingerprint density at radius 2 is 1.10 bits per heavy atom. The predicted octanol–water partition coefficient (Wildman–Crippen LogP) is 13.4. The van der Waals surface area contributed by atoms with Crippen molar-refractivity contribution < 1.29 is 55.2 Å². The van der Waals surface area contributed by atoms with Crippen LogP contribution in [-0.4, -0.2) is 88.7 Å². The van der Waals surface area contributed by atoms with Crippen molar-refractivity contribution in [3.05, 3.63) is 23.8 Å². The maximum atomic E-state index is 14.2. The second-order valence-electron chi connectivity index (χ2n) is 20.7. The van der Waals surface area contributed by atoms with Crippen LogP contribution in [0.15, 0.2) is 18.2 Å². The average molecular weight is 1000 g/mol. The molecule has 0 spiro atoms. The summed E-state index contributed by atoms with van der Waals surface area (Å²) in [7, 11) is -7.62. The van der Waals surface area contributed by atoms with Crippen molar-refractivity contribution in [2.45, 2.75) is 270 Å². The highest BCUT2D eigenvalue weighted by Crippen LogP contribution is 2.38. The van der Waals surface area contributed by atoms with E-state index in [2.05, 4.69) is 26.1 Å². The van der Waals surface area contributed by atoms with E-state index in [0.29, 0.717) is 31.1 Å². The number of carbonyl (C=O) groups excluding carboxylic acids is 2. The van der Waals surface area contributed by atoms with Gasteiger partial charge >= 0.3 is 16.4 Å². The van der Waals surface area contributed by atoms with Crippen molar-refractivity contribution in [2.24, 2.45) is 0 Å². The van der Waals surface area contributed by atoms with Crippen LogP contribution in [0.5, 0.6) is 11.5 Å². The van der Waals surface area contributed by atoms with Crippen LogP contribution >= 0.6 is 0 Å². The summed E-state index contributed by atoms with van der Waals surface area (Å²) in [5.41, 5.74) is 0.171. The normalized spacial score (nSPS) is 18.9. The first-order valence-electron chi connectivity index (χ1n) is 27.0. The van der Waals surface area contributed by atoms with E-state index in [1.165, 1.54) is 103 Å². The lowest BCUT2D eigenvalue weighted by atomic mass is 9.96. The molecule has 1 aromatic carbocycles. The molecule has 5 atom stereocenters. The molecule has 1 aromatic rings. The van der Waals surface area contributed by atoms with E-state index < -0.39 is 61.2 Å². The number of esters is 1. The van der Waals surface area contributed by atoms with E-state index in [4.69, 9.17) is 27.6 Å². The van der Waals surface area contributed by atoms with E-state index in [9.17, 15) is 27.7 Å². The zero-order valence-corrected chi connectivity index (χ0v) is 45.7. The predicted molar refractivity (Wildman–Crippen MR) is 275 cm³/mol. The monoisotopic (exact) mass is 1000 g/mol. The Balaban J connectivity index is 2.30. The zero-order chi connectivity index (χ0) is 50.3. The Labute approximate surface area is 414 Å². The number of carbonyl (C=O) groups is 2. The van der Waals surface area contributed by atoms with Gasteiger partial charge in [-0.3, -0.25) is 14.1 Å². The first kappa shape index (κ1) is 61.8. The van der Waals surface area contributed by atoms with E-state index in [1.807, 2.05) is 33.9 Å². The van der Waals surface area contributed by atoms with Crippen molar-refractivity contribution in [2.75, 3.05) is 19.8 Å². The molecule has 1 aliphatic rings. The first-order valence-corrected chi connectivity index (χ1v) is 31.2. The number of ether oxygens (including phenoxy) is 4. The van der Waals surface area contributed by atoms with E-state index in [0.717, 1.165) is 64.2 Å². The van der Waals surface area contributed by atoms with Gasteiger partial charge in [0.1, 0.15) is 18.2 Å². The minimum atomic E-state index is -5.16. The van der Waals surface area contributed by atoms with Crippen LogP contribution in [0.1, 0.15) is 232 Å². The summed E-state index contributed by atoms with van der Waals surface area (Å²) in [6, 6.07) is 3.38. The van der Waals surface area contributed by atoms with Crippen LogP contribution in [-0.2, 0) is 33.3 Å². The molecular weight excluding hydrogens is 903 g/mol. The zero-order valence-electron chi connectivity index (χ0n) is 43.9. The molecule has 0 saturated carbocycles. The van der Waals surface area contributed by atoms with Crippen LogP contribution in [0, 0.1) is 0 Å². The molecular formula is C53H97NO12SSi. The first-order chi connectivity index (χ1) is 32.4. The molecule has 68 heavy (non-hydrogen) atoms. The van der Waals surface area contributed by atoms with Crippen LogP contribution in [0.4, 0.5) is 0 Å². The maximum absolute atomic E-state index is 14.2. The number of benzene rings is 1. The lowest BCUT2D eigenvalue weighted by Crippen LogP contribution is -2.66. The molecule has 0 aromatic heterocycles. The Morgan fingerprint density at radius 1 is 0.662 bits per heavy atom. The van der Waals surface area contributed by atoms with Crippen molar-refractivity contribution >= 4 is 30.6 Å². The van der Waals surface area contributed by atoms with Gasteiger partial charge in [-0.25, -0.2) is 4.18 Å². The SMILES string of the molecule is CCCCCCCCCCCCCC(=O)O[C@H]1[C@H](OS(=O)(=O)O)[C@@H](CO[Si](C)(C)C(C)(C)C)OC(O)[C@@H]1NC(=O)c1ccc(OCCCCCCCCCC)c(OCCCCCCCCCC)c1. The van der Waals surface area contributed by atoms with Gasteiger partial charge < -0.3 is 33.8 Å². The molecule has 1 saturated heterocycles. The van der Waals surface area contributed by atoms with Gasteiger partial charge in [-0.2, -0.15) is 8.42 Å². The molecule has 1 unspecified atom stereocenters. The number of amides is 1. The minimum absolute atomic E-state index is 0.0227. The fraction of sp³-hybridized carbons (Fsp3) is 0.849. The lowest BCUT2D eigenvalue weighted by molar-refractivity contribution is -0.252. The maximum Gasteiger partial charge on any atom is 0.397 e. The summed E-state index contributed by atoms with van der Waals surface area (Å²) >= 11 is 0. The Kier molecular flexibility index (Phi) is 31.8. The fourth-order valence-electron chi connectivity index (χ4n) is 8.21. The van der Waals surface area contributed by atoms with Gasteiger partial charge in [-0.1, -0.05) is 196 Å². The summed E-state index contributed by atoms with van der Waals surface area (Å²) in [6.07, 6.45) is 24.2. The number of rotatable bonds is 40. The van der Waals surface area contributed by atoms with Crippen molar-refractivity contribution in [1.82, 2.24) is 5.32 Å². The van der Waals surface area contributed by atoms with Gasteiger partial charge in [0.05, 0.1) is 19.8 Å². The highest BCUT2D eigenvalue weighted by atomic mass is 32.3. The van der Waals surface area contributed by atoms with Gasteiger partial charge in [0.2, 0.25) is 0 Å². The van der Waals surface area contributed by atoms with Crippen molar-refractivity contribution in [3.8, 4) is 11.5 Å². The van der Waals surface area contributed by atoms with Gasteiger partial charge in [-0.05, 0) is 55.6 Å². The number of aliphatic hydroxyl groups excluding tert-OH is 1. The molecule has 3 N–H and O–H groups in total. The van der Waals surface area contributed by atoms with Gasteiger partial charge in [0.15, 0.2) is 32.2 Å².